The SMILES string of the molecule is C/C=C(/C)C(N=c1ccc2c(-c3ccccc3S(=O)(=O)O)c3ccc(Nc4c(C)cccc4C)cc3oc-2c1)=C(C)C. The summed E-state index contributed by atoms with van der Waals surface area (Å²) in [5, 5.41) is 4.94. The maximum Gasteiger partial charge on any atom is 0.295 e. The summed E-state index contributed by atoms with van der Waals surface area (Å²) in [5.41, 5.74) is 9.43. The molecule has 5 rings (SSSR count). The van der Waals surface area contributed by atoms with E-state index in [4.69, 9.17) is 9.41 Å². The smallest absolute Gasteiger partial charge is 0.295 e. The highest BCUT2D eigenvalue weighted by atomic mass is 32.2. The largest absolute Gasteiger partial charge is 0.456 e. The summed E-state index contributed by atoms with van der Waals surface area (Å²) in [6.07, 6.45) is 2.03. The molecule has 1 heterocycles. The molecule has 0 bridgehead atoms. The third kappa shape index (κ3) is 5.66. The highest BCUT2D eigenvalue weighted by molar-refractivity contribution is 7.86. The number of fused-ring (bicyclic) bond motifs is 2. The Hall–Kier alpha value is -4.46. The average Bonchev–Trinajstić information content (AvgIpc) is 2.95. The fourth-order valence-electron chi connectivity index (χ4n) is 5.23. The first-order chi connectivity index (χ1) is 20.0. The van der Waals surface area contributed by atoms with E-state index in [9.17, 15) is 13.0 Å². The van der Waals surface area contributed by atoms with E-state index in [0.29, 0.717) is 38.8 Å². The highest BCUT2D eigenvalue weighted by Gasteiger charge is 2.23. The number of hydrogen-bond donors (Lipinski definition) is 2. The number of allylic oxidation sites excluding steroid dienone is 3. The molecule has 6 nitrogen and oxygen atoms in total. The maximum absolute atomic E-state index is 12.4. The molecule has 2 N–H and O–H groups in total. The Bertz CT molecular complexity index is 2030. The first-order valence-electron chi connectivity index (χ1n) is 13.7. The van der Waals surface area contributed by atoms with Gasteiger partial charge in [-0.05, 0) is 88.6 Å². The van der Waals surface area contributed by atoms with Crippen LogP contribution >= 0.6 is 0 Å². The first kappa shape index (κ1) is 29.0. The van der Waals surface area contributed by atoms with Crippen molar-refractivity contribution in [1.29, 1.82) is 0 Å². The third-order valence-corrected chi connectivity index (χ3v) is 8.32. The van der Waals surface area contributed by atoms with E-state index in [1.807, 2.05) is 76.2 Å². The van der Waals surface area contributed by atoms with Crippen molar-refractivity contribution in [2.45, 2.75) is 46.4 Å². The molecule has 0 fully saturated rings. The highest BCUT2D eigenvalue weighted by Crippen LogP contribution is 2.43. The second-order valence-electron chi connectivity index (χ2n) is 10.7. The lowest BCUT2D eigenvalue weighted by atomic mass is 9.93. The predicted molar refractivity (Wildman–Crippen MR) is 171 cm³/mol. The van der Waals surface area contributed by atoms with Gasteiger partial charge in [-0.25, -0.2) is 4.99 Å². The van der Waals surface area contributed by atoms with Gasteiger partial charge < -0.3 is 9.73 Å². The zero-order valence-electron chi connectivity index (χ0n) is 24.6. The van der Waals surface area contributed by atoms with Gasteiger partial charge >= 0.3 is 0 Å². The lowest BCUT2D eigenvalue weighted by molar-refractivity contribution is 0.483. The molecule has 0 radical (unpaired) electrons. The summed E-state index contributed by atoms with van der Waals surface area (Å²) in [4.78, 5) is 4.75. The molecular weight excluding hydrogens is 544 g/mol. The number of benzene rings is 4. The van der Waals surface area contributed by atoms with Crippen LogP contribution in [-0.2, 0) is 10.1 Å². The number of nitrogens with zero attached hydrogens (tertiary/aromatic N) is 1. The van der Waals surface area contributed by atoms with E-state index in [1.54, 1.807) is 18.2 Å². The van der Waals surface area contributed by atoms with Crippen molar-refractivity contribution in [3.63, 3.8) is 0 Å². The molecule has 0 atom stereocenters. The molecule has 0 amide bonds. The molecular formula is C35H34N2O4S. The van der Waals surface area contributed by atoms with Gasteiger partial charge in [-0.2, -0.15) is 8.42 Å². The fraction of sp³-hybridized carbons (Fsp3) is 0.171. The van der Waals surface area contributed by atoms with Gasteiger partial charge in [0.15, 0.2) is 0 Å². The Kier molecular flexibility index (Phi) is 7.91. The molecule has 0 saturated carbocycles. The fourth-order valence-corrected chi connectivity index (χ4v) is 5.93. The Morgan fingerprint density at radius 2 is 1.60 bits per heavy atom. The van der Waals surface area contributed by atoms with Gasteiger partial charge in [0.1, 0.15) is 16.2 Å². The van der Waals surface area contributed by atoms with E-state index >= 15 is 0 Å². The second-order valence-corrected chi connectivity index (χ2v) is 12.1. The quantitative estimate of drug-likeness (QED) is 0.119. The van der Waals surface area contributed by atoms with Gasteiger partial charge in [0.25, 0.3) is 10.1 Å². The lowest BCUT2D eigenvalue weighted by Crippen LogP contribution is -2.06. The monoisotopic (exact) mass is 578 g/mol. The van der Waals surface area contributed by atoms with Gasteiger partial charge in [-0.1, -0.05) is 48.0 Å². The van der Waals surface area contributed by atoms with Gasteiger partial charge in [0.2, 0.25) is 0 Å². The number of rotatable bonds is 6. The van der Waals surface area contributed by atoms with Crippen LogP contribution in [0.2, 0.25) is 0 Å². The summed E-state index contributed by atoms with van der Waals surface area (Å²) in [6.45, 7) is 12.2. The number of para-hydroxylation sites is 1. The molecule has 0 saturated heterocycles. The van der Waals surface area contributed by atoms with Crippen LogP contribution in [0.4, 0.5) is 11.4 Å². The van der Waals surface area contributed by atoms with Crippen LogP contribution in [0.3, 0.4) is 0 Å². The molecule has 3 aromatic carbocycles. The topological polar surface area (TPSA) is 91.9 Å². The minimum Gasteiger partial charge on any atom is -0.456 e. The van der Waals surface area contributed by atoms with E-state index < -0.39 is 10.1 Å². The van der Waals surface area contributed by atoms with E-state index in [2.05, 4.69) is 31.3 Å². The zero-order valence-corrected chi connectivity index (χ0v) is 25.4. The molecule has 42 heavy (non-hydrogen) atoms. The maximum atomic E-state index is 12.4. The lowest BCUT2D eigenvalue weighted by Gasteiger charge is -2.18. The number of nitrogens with one attached hydrogen (secondary N) is 1. The summed E-state index contributed by atoms with van der Waals surface area (Å²) >= 11 is 0. The van der Waals surface area contributed by atoms with Crippen LogP contribution in [0.1, 0.15) is 38.8 Å². The third-order valence-electron chi connectivity index (χ3n) is 7.41. The zero-order chi connectivity index (χ0) is 30.2. The molecule has 0 spiro atoms. The second kappa shape index (κ2) is 11.4. The van der Waals surface area contributed by atoms with Crippen molar-refractivity contribution in [2.75, 3.05) is 5.32 Å². The Morgan fingerprint density at radius 1 is 0.881 bits per heavy atom. The van der Waals surface area contributed by atoms with Crippen molar-refractivity contribution < 1.29 is 17.4 Å². The number of aryl methyl sites for hydroxylation is 2. The van der Waals surface area contributed by atoms with Crippen LogP contribution in [-0.4, -0.2) is 13.0 Å². The van der Waals surface area contributed by atoms with Gasteiger partial charge in [0.05, 0.1) is 11.1 Å². The van der Waals surface area contributed by atoms with Gasteiger partial charge in [0, 0.05) is 45.6 Å². The minimum atomic E-state index is -4.50. The molecule has 3 aromatic rings. The summed E-state index contributed by atoms with van der Waals surface area (Å²) < 4.78 is 41.5. The number of anilines is 2. The molecule has 1 aliphatic carbocycles. The Morgan fingerprint density at radius 3 is 2.26 bits per heavy atom. The standard InChI is InChI=1S/C35H34N2O4S/c1-7-22(4)34(21(2)3)36-25-15-17-27-30(19-25)41-31-20-26(37-35-23(5)11-10-12-24(35)6)16-18-28(31)33(27)29-13-8-9-14-32(29)42(38,39)40/h7-20,37H,1-6H3,(H,38,39,40)/b22-7-,36-25?. The van der Waals surface area contributed by atoms with Gasteiger partial charge in [-0.3, -0.25) is 4.55 Å². The Labute approximate surface area is 246 Å². The summed E-state index contributed by atoms with van der Waals surface area (Å²) in [7, 11) is -4.50. The van der Waals surface area contributed by atoms with Crippen LogP contribution in [0, 0.1) is 13.8 Å². The van der Waals surface area contributed by atoms with Crippen LogP contribution in [0.15, 0.2) is 116 Å². The molecule has 2 aliphatic rings. The van der Waals surface area contributed by atoms with Crippen LogP contribution in [0.5, 0.6) is 0 Å². The minimum absolute atomic E-state index is 0.166. The average molecular weight is 579 g/mol. The van der Waals surface area contributed by atoms with Crippen molar-refractivity contribution in [1.82, 2.24) is 0 Å². The molecule has 214 valence electrons. The van der Waals surface area contributed by atoms with Crippen molar-refractivity contribution in [3.05, 3.63) is 118 Å². The van der Waals surface area contributed by atoms with E-state index in [0.717, 1.165) is 39.3 Å². The predicted octanol–water partition coefficient (Wildman–Crippen LogP) is 8.97. The summed E-state index contributed by atoms with van der Waals surface area (Å²) in [5.74, 6) is 0.541. The molecule has 0 unspecified atom stereocenters. The van der Waals surface area contributed by atoms with E-state index in [1.165, 1.54) is 6.07 Å². The van der Waals surface area contributed by atoms with Crippen molar-refractivity contribution >= 4 is 32.5 Å². The molecule has 1 aliphatic heterocycles. The van der Waals surface area contributed by atoms with Crippen LogP contribution in [0.25, 0.3) is 33.4 Å². The van der Waals surface area contributed by atoms with Crippen molar-refractivity contribution in [2.24, 2.45) is 4.99 Å². The van der Waals surface area contributed by atoms with E-state index in [-0.39, 0.29) is 4.90 Å². The van der Waals surface area contributed by atoms with Gasteiger partial charge in [-0.15, -0.1) is 0 Å². The van der Waals surface area contributed by atoms with Crippen molar-refractivity contribution in [3.8, 4) is 22.5 Å². The first-order valence-corrected chi connectivity index (χ1v) is 15.2. The normalized spacial score (nSPS) is 12.6. The molecule has 0 aromatic heterocycles. The van der Waals surface area contributed by atoms with Crippen LogP contribution < -0.4 is 10.7 Å². The number of hydrogen-bond acceptors (Lipinski definition) is 5. The molecule has 7 heteroatoms. The summed E-state index contributed by atoms with van der Waals surface area (Å²) in [6, 6.07) is 24.0. The Balaban J connectivity index is 1.82.